The molecule has 23 heavy (non-hydrogen) atoms. The molecule has 0 saturated heterocycles. The Bertz CT molecular complexity index is 695. The summed E-state index contributed by atoms with van der Waals surface area (Å²) in [5.41, 5.74) is 0.844. The van der Waals surface area contributed by atoms with Crippen molar-refractivity contribution in [2.24, 2.45) is 0 Å². The molecule has 0 aliphatic carbocycles. The number of benzene rings is 2. The summed E-state index contributed by atoms with van der Waals surface area (Å²) in [6.45, 7) is -2.86. The predicted molar refractivity (Wildman–Crippen MR) is 84.9 cm³/mol. The summed E-state index contributed by atoms with van der Waals surface area (Å²) in [6, 6.07) is 11.3. The summed E-state index contributed by atoms with van der Waals surface area (Å²) in [6.07, 6.45) is 0. The molecule has 0 atom stereocenters. The maximum Gasteiger partial charge on any atom is 0.387 e. The average molecular weight is 386 g/mol. The van der Waals surface area contributed by atoms with E-state index in [2.05, 4.69) is 26.0 Å². The van der Waals surface area contributed by atoms with Crippen molar-refractivity contribution in [3.8, 4) is 11.5 Å². The molecule has 0 aromatic heterocycles. The Kier molecular flexibility index (Phi) is 5.92. The fraction of sp³-hybridized carbons (Fsp3) is 0.188. The van der Waals surface area contributed by atoms with Gasteiger partial charge < -0.3 is 14.8 Å². The minimum absolute atomic E-state index is 0.0347. The van der Waals surface area contributed by atoms with Gasteiger partial charge >= 0.3 is 6.61 Å². The monoisotopic (exact) mass is 385 g/mol. The highest BCUT2D eigenvalue weighted by molar-refractivity contribution is 9.10. The first-order chi connectivity index (χ1) is 11.0. The maximum absolute atomic E-state index is 12.4. The molecule has 0 unspecified atom stereocenters. The van der Waals surface area contributed by atoms with Gasteiger partial charge in [-0.05, 0) is 40.2 Å². The Morgan fingerprint density at radius 3 is 2.70 bits per heavy atom. The second-order valence-corrected chi connectivity index (χ2v) is 5.37. The van der Waals surface area contributed by atoms with Gasteiger partial charge in [0.05, 0.1) is 12.7 Å². The lowest BCUT2D eigenvalue weighted by atomic mass is 10.1. The summed E-state index contributed by atoms with van der Waals surface area (Å²) in [5.74, 6) is 0.218. The Hall–Kier alpha value is -2.15. The second-order valence-electron chi connectivity index (χ2n) is 4.51. The van der Waals surface area contributed by atoms with Gasteiger partial charge in [-0.2, -0.15) is 8.78 Å². The molecule has 1 N–H and O–H groups in total. The molecule has 0 spiro atoms. The Labute approximate surface area is 140 Å². The highest BCUT2D eigenvalue weighted by Crippen LogP contribution is 2.23. The second kappa shape index (κ2) is 7.92. The van der Waals surface area contributed by atoms with Gasteiger partial charge in [0.1, 0.15) is 11.5 Å². The average Bonchev–Trinajstić information content (AvgIpc) is 2.53. The third kappa shape index (κ3) is 4.66. The Morgan fingerprint density at radius 2 is 2.00 bits per heavy atom. The number of para-hydroxylation sites is 1. The van der Waals surface area contributed by atoms with Gasteiger partial charge in [0, 0.05) is 16.6 Å². The Balaban J connectivity index is 2.11. The van der Waals surface area contributed by atoms with Crippen molar-refractivity contribution in [3.05, 3.63) is 58.1 Å². The first-order valence-corrected chi connectivity index (χ1v) is 7.45. The van der Waals surface area contributed by atoms with E-state index in [-0.39, 0.29) is 18.2 Å². The van der Waals surface area contributed by atoms with E-state index in [0.29, 0.717) is 21.3 Å². The van der Waals surface area contributed by atoms with E-state index < -0.39 is 6.61 Å². The van der Waals surface area contributed by atoms with Crippen LogP contribution in [-0.4, -0.2) is 19.6 Å². The lowest BCUT2D eigenvalue weighted by Gasteiger charge is -2.12. The van der Waals surface area contributed by atoms with E-state index in [1.807, 2.05) is 0 Å². The van der Waals surface area contributed by atoms with Gasteiger partial charge in [-0.15, -0.1) is 0 Å². The van der Waals surface area contributed by atoms with Crippen LogP contribution in [0.1, 0.15) is 15.9 Å². The van der Waals surface area contributed by atoms with E-state index in [9.17, 15) is 13.6 Å². The first-order valence-electron chi connectivity index (χ1n) is 6.65. The number of hydrogen-bond donors (Lipinski definition) is 1. The topological polar surface area (TPSA) is 47.6 Å². The molecule has 0 saturated carbocycles. The van der Waals surface area contributed by atoms with E-state index in [0.717, 1.165) is 0 Å². The van der Waals surface area contributed by atoms with E-state index in [4.69, 9.17) is 4.74 Å². The largest absolute Gasteiger partial charge is 0.497 e. The highest BCUT2D eigenvalue weighted by atomic mass is 79.9. The number of ether oxygens (including phenoxy) is 2. The number of hydrogen-bond acceptors (Lipinski definition) is 3. The van der Waals surface area contributed by atoms with Gasteiger partial charge in [-0.3, -0.25) is 4.79 Å². The van der Waals surface area contributed by atoms with Crippen LogP contribution in [-0.2, 0) is 6.54 Å². The van der Waals surface area contributed by atoms with Crippen molar-refractivity contribution in [2.45, 2.75) is 13.2 Å². The molecule has 4 nitrogen and oxygen atoms in total. The lowest BCUT2D eigenvalue weighted by Crippen LogP contribution is -2.23. The molecule has 0 bridgehead atoms. The first kappa shape index (κ1) is 17.2. The van der Waals surface area contributed by atoms with Gasteiger partial charge in [0.25, 0.3) is 5.91 Å². The number of methoxy groups -OCH3 is 1. The summed E-state index contributed by atoms with van der Waals surface area (Å²) >= 11 is 3.29. The molecule has 2 aromatic rings. The van der Waals surface area contributed by atoms with E-state index in [1.165, 1.54) is 13.2 Å². The number of halogens is 3. The fourth-order valence-corrected chi connectivity index (χ4v) is 2.36. The Morgan fingerprint density at radius 1 is 1.26 bits per heavy atom. The standard InChI is InChI=1S/C16H14BrF2NO3/c1-22-11-6-7-13(17)12(8-11)15(21)20-9-10-4-2-3-5-14(10)23-16(18)19/h2-8,16H,9H2,1H3,(H,20,21). The number of carbonyl (C=O) groups excluding carboxylic acids is 1. The molecule has 7 heteroatoms. The SMILES string of the molecule is COc1ccc(Br)c(C(=O)NCc2ccccc2OC(F)F)c1. The molecule has 0 aliphatic rings. The summed E-state index contributed by atoms with van der Waals surface area (Å²) < 4.78 is 34.9. The molecular weight excluding hydrogens is 372 g/mol. The summed E-state index contributed by atoms with van der Waals surface area (Å²) in [7, 11) is 1.50. The van der Waals surface area contributed by atoms with Crippen molar-refractivity contribution >= 4 is 21.8 Å². The van der Waals surface area contributed by atoms with Crippen molar-refractivity contribution in [3.63, 3.8) is 0 Å². The highest BCUT2D eigenvalue weighted by Gasteiger charge is 2.13. The molecule has 122 valence electrons. The maximum atomic E-state index is 12.4. The van der Waals surface area contributed by atoms with Gasteiger partial charge in [0.2, 0.25) is 0 Å². The third-order valence-electron chi connectivity index (χ3n) is 3.05. The lowest BCUT2D eigenvalue weighted by molar-refractivity contribution is -0.0504. The van der Waals surface area contributed by atoms with Gasteiger partial charge in [-0.1, -0.05) is 18.2 Å². The molecule has 1 amide bonds. The molecular formula is C16H14BrF2NO3. The normalized spacial score (nSPS) is 10.5. The molecule has 2 rings (SSSR count). The number of nitrogens with one attached hydrogen (secondary N) is 1. The zero-order valence-electron chi connectivity index (χ0n) is 12.2. The van der Waals surface area contributed by atoms with Crippen molar-refractivity contribution in [1.82, 2.24) is 5.32 Å². The van der Waals surface area contributed by atoms with Crippen LogP contribution in [0.25, 0.3) is 0 Å². The molecule has 0 aliphatic heterocycles. The van der Waals surface area contributed by atoms with Crippen molar-refractivity contribution in [1.29, 1.82) is 0 Å². The van der Waals surface area contributed by atoms with Crippen LogP contribution in [0.2, 0.25) is 0 Å². The summed E-state index contributed by atoms with van der Waals surface area (Å²) in [5, 5.41) is 2.67. The zero-order chi connectivity index (χ0) is 16.8. The van der Waals surface area contributed by atoms with Crippen molar-refractivity contribution in [2.75, 3.05) is 7.11 Å². The molecule has 0 fully saturated rings. The van der Waals surface area contributed by atoms with Crippen LogP contribution < -0.4 is 14.8 Å². The van der Waals surface area contributed by atoms with E-state index in [1.54, 1.807) is 36.4 Å². The van der Waals surface area contributed by atoms with Gasteiger partial charge in [0.15, 0.2) is 0 Å². The number of carbonyl (C=O) groups is 1. The minimum atomic E-state index is -2.92. The summed E-state index contributed by atoms with van der Waals surface area (Å²) in [4.78, 5) is 12.3. The number of alkyl halides is 2. The van der Waals surface area contributed by atoms with Crippen LogP contribution in [0.3, 0.4) is 0 Å². The molecule has 2 aromatic carbocycles. The van der Waals surface area contributed by atoms with E-state index >= 15 is 0 Å². The van der Waals surface area contributed by atoms with Crippen LogP contribution >= 0.6 is 15.9 Å². The zero-order valence-corrected chi connectivity index (χ0v) is 13.8. The van der Waals surface area contributed by atoms with Crippen LogP contribution in [0.5, 0.6) is 11.5 Å². The number of rotatable bonds is 6. The quantitative estimate of drug-likeness (QED) is 0.817. The molecule has 0 heterocycles. The smallest absolute Gasteiger partial charge is 0.387 e. The fourth-order valence-electron chi connectivity index (χ4n) is 1.94. The predicted octanol–water partition coefficient (Wildman–Crippen LogP) is 3.99. The van der Waals surface area contributed by atoms with Crippen molar-refractivity contribution < 1.29 is 23.0 Å². The van der Waals surface area contributed by atoms with Gasteiger partial charge in [-0.25, -0.2) is 0 Å². The minimum Gasteiger partial charge on any atom is -0.497 e. The third-order valence-corrected chi connectivity index (χ3v) is 3.74. The van der Waals surface area contributed by atoms with Crippen LogP contribution in [0, 0.1) is 0 Å². The number of amides is 1. The van der Waals surface area contributed by atoms with Crippen LogP contribution in [0.15, 0.2) is 46.9 Å². The van der Waals surface area contributed by atoms with Crippen LogP contribution in [0.4, 0.5) is 8.78 Å². The molecule has 0 radical (unpaired) electrons.